The molecule has 0 aromatic heterocycles. The second-order valence-electron chi connectivity index (χ2n) is 6.42. The third-order valence-corrected chi connectivity index (χ3v) is 4.39. The van der Waals surface area contributed by atoms with Crippen molar-refractivity contribution in [2.75, 3.05) is 0 Å². The Bertz CT molecular complexity index is 308. The minimum atomic E-state index is -0.422. The van der Waals surface area contributed by atoms with E-state index >= 15 is 0 Å². The minimum Gasteiger partial charge on any atom is -0.247 e. The average molecular weight is 312 g/mol. The molecular formula is C18H32O4. The molecule has 1 fully saturated rings. The van der Waals surface area contributed by atoms with Crippen LogP contribution in [-0.4, -0.2) is 11.9 Å². The highest BCUT2D eigenvalue weighted by molar-refractivity contribution is 5.74. The summed E-state index contributed by atoms with van der Waals surface area (Å²) in [6.07, 6.45) is 15.0. The molecular weight excluding hydrogens is 280 g/mol. The highest BCUT2D eigenvalue weighted by Crippen LogP contribution is 2.25. The van der Waals surface area contributed by atoms with Crippen molar-refractivity contribution in [2.24, 2.45) is 5.92 Å². The first-order valence-electron chi connectivity index (χ1n) is 9.15. The Morgan fingerprint density at radius 2 is 1.36 bits per heavy atom. The zero-order valence-corrected chi connectivity index (χ0v) is 14.1. The Morgan fingerprint density at radius 1 is 0.818 bits per heavy atom. The van der Waals surface area contributed by atoms with Crippen LogP contribution in [0, 0.1) is 5.92 Å². The van der Waals surface area contributed by atoms with Gasteiger partial charge in [-0.25, -0.2) is 19.4 Å². The maximum absolute atomic E-state index is 11.6. The predicted molar refractivity (Wildman–Crippen MR) is 86.0 cm³/mol. The molecule has 1 saturated carbocycles. The van der Waals surface area contributed by atoms with Gasteiger partial charge in [0.15, 0.2) is 0 Å². The number of hydrogen-bond donors (Lipinski definition) is 0. The Balaban J connectivity index is 1.87. The molecule has 22 heavy (non-hydrogen) atoms. The topological polar surface area (TPSA) is 52.6 Å². The van der Waals surface area contributed by atoms with Crippen molar-refractivity contribution in [2.45, 2.75) is 96.8 Å². The molecule has 0 aliphatic heterocycles. The van der Waals surface area contributed by atoms with E-state index in [1.807, 2.05) is 0 Å². The quantitative estimate of drug-likeness (QED) is 0.302. The van der Waals surface area contributed by atoms with E-state index in [2.05, 4.69) is 16.7 Å². The maximum Gasteiger partial charge on any atom is 0.358 e. The molecule has 0 heterocycles. The Hall–Kier alpha value is -1.06. The van der Waals surface area contributed by atoms with E-state index in [0.717, 1.165) is 38.5 Å². The van der Waals surface area contributed by atoms with E-state index < -0.39 is 5.97 Å². The van der Waals surface area contributed by atoms with Crippen LogP contribution in [0.15, 0.2) is 0 Å². The van der Waals surface area contributed by atoms with Crippen molar-refractivity contribution in [3.05, 3.63) is 0 Å². The number of carbonyl (C=O) groups is 2. The average Bonchev–Trinajstić information content (AvgIpc) is 3.05. The third-order valence-electron chi connectivity index (χ3n) is 4.39. The summed E-state index contributed by atoms with van der Waals surface area (Å²) in [5.74, 6) is -0.868. The smallest absolute Gasteiger partial charge is 0.247 e. The van der Waals surface area contributed by atoms with E-state index in [1.165, 1.54) is 44.9 Å². The van der Waals surface area contributed by atoms with Gasteiger partial charge in [0.1, 0.15) is 0 Å². The molecule has 0 unspecified atom stereocenters. The molecule has 4 heteroatoms. The molecule has 0 amide bonds. The van der Waals surface area contributed by atoms with Gasteiger partial charge < -0.3 is 0 Å². The summed E-state index contributed by atoms with van der Waals surface area (Å²) in [5, 5.41) is 0. The summed E-state index contributed by atoms with van der Waals surface area (Å²) < 4.78 is 0. The van der Waals surface area contributed by atoms with Gasteiger partial charge in [-0.3, -0.25) is 0 Å². The van der Waals surface area contributed by atoms with Crippen molar-refractivity contribution < 1.29 is 19.4 Å². The second kappa shape index (κ2) is 12.5. The maximum atomic E-state index is 11.6. The molecule has 0 aromatic carbocycles. The fourth-order valence-electron chi connectivity index (χ4n) is 2.94. The van der Waals surface area contributed by atoms with E-state index in [-0.39, 0.29) is 11.9 Å². The molecule has 0 N–H and O–H groups in total. The highest BCUT2D eigenvalue weighted by Gasteiger charge is 2.25. The van der Waals surface area contributed by atoms with Gasteiger partial charge in [0, 0.05) is 0 Å². The fourth-order valence-corrected chi connectivity index (χ4v) is 2.94. The van der Waals surface area contributed by atoms with Gasteiger partial charge in [-0.2, -0.15) is 0 Å². The Labute approximate surface area is 134 Å². The van der Waals surface area contributed by atoms with Gasteiger partial charge in [-0.1, -0.05) is 71.1 Å². The SMILES string of the molecule is CCCCCCCCCCCC(=O)OOC(=O)C1CCCC1. The predicted octanol–water partition coefficient (Wildman–Crippen LogP) is 5.10. The lowest BCUT2D eigenvalue weighted by atomic mass is 10.1. The van der Waals surface area contributed by atoms with Crippen LogP contribution in [0.3, 0.4) is 0 Å². The van der Waals surface area contributed by atoms with Crippen LogP contribution in [0.2, 0.25) is 0 Å². The van der Waals surface area contributed by atoms with Crippen LogP contribution >= 0.6 is 0 Å². The summed E-state index contributed by atoms with van der Waals surface area (Å²) in [4.78, 5) is 32.3. The van der Waals surface area contributed by atoms with Gasteiger partial charge in [0.2, 0.25) is 0 Å². The van der Waals surface area contributed by atoms with E-state index in [4.69, 9.17) is 0 Å². The summed E-state index contributed by atoms with van der Waals surface area (Å²) in [7, 11) is 0. The lowest BCUT2D eigenvalue weighted by Gasteiger charge is -2.07. The minimum absolute atomic E-state index is 0.0690. The van der Waals surface area contributed by atoms with Crippen LogP contribution in [0.4, 0.5) is 0 Å². The third kappa shape index (κ3) is 9.06. The molecule has 0 aromatic rings. The van der Waals surface area contributed by atoms with Gasteiger partial charge in [-0.05, 0) is 19.3 Å². The van der Waals surface area contributed by atoms with Crippen LogP contribution in [0.5, 0.6) is 0 Å². The first-order valence-corrected chi connectivity index (χ1v) is 9.15. The number of carbonyl (C=O) groups excluding carboxylic acids is 2. The van der Waals surface area contributed by atoms with Gasteiger partial charge in [0.05, 0.1) is 12.3 Å². The summed E-state index contributed by atoms with van der Waals surface area (Å²) in [6.45, 7) is 2.23. The molecule has 1 aliphatic rings. The molecule has 128 valence electrons. The first kappa shape index (κ1) is 19.0. The van der Waals surface area contributed by atoms with Gasteiger partial charge >= 0.3 is 11.9 Å². The van der Waals surface area contributed by atoms with Crippen LogP contribution in [-0.2, 0) is 19.4 Å². The van der Waals surface area contributed by atoms with Crippen molar-refractivity contribution in [1.29, 1.82) is 0 Å². The highest BCUT2D eigenvalue weighted by atomic mass is 17.2. The molecule has 0 atom stereocenters. The summed E-state index contributed by atoms with van der Waals surface area (Å²) >= 11 is 0. The second-order valence-corrected chi connectivity index (χ2v) is 6.42. The van der Waals surface area contributed by atoms with Crippen molar-refractivity contribution in [3.8, 4) is 0 Å². The fraction of sp³-hybridized carbons (Fsp3) is 0.889. The standard InChI is InChI=1S/C18H32O4/c1-2-3-4-5-6-7-8-9-10-15-17(19)21-22-18(20)16-13-11-12-14-16/h16H,2-15H2,1H3. The monoisotopic (exact) mass is 312 g/mol. The molecule has 0 spiro atoms. The number of unbranched alkanes of at least 4 members (excludes halogenated alkanes) is 8. The van der Waals surface area contributed by atoms with E-state index in [9.17, 15) is 9.59 Å². The Morgan fingerprint density at radius 3 is 1.95 bits per heavy atom. The van der Waals surface area contributed by atoms with Crippen molar-refractivity contribution in [3.63, 3.8) is 0 Å². The number of rotatable bonds is 11. The molecule has 0 radical (unpaired) electrons. The van der Waals surface area contributed by atoms with E-state index in [0.29, 0.717) is 6.42 Å². The molecule has 0 saturated heterocycles. The van der Waals surface area contributed by atoms with E-state index in [1.54, 1.807) is 0 Å². The molecule has 4 nitrogen and oxygen atoms in total. The number of hydrogen-bond acceptors (Lipinski definition) is 4. The lowest BCUT2D eigenvalue weighted by Crippen LogP contribution is -2.17. The van der Waals surface area contributed by atoms with Crippen molar-refractivity contribution >= 4 is 11.9 Å². The summed E-state index contributed by atoms with van der Waals surface area (Å²) in [5.41, 5.74) is 0. The lowest BCUT2D eigenvalue weighted by molar-refractivity contribution is -0.262. The zero-order valence-electron chi connectivity index (χ0n) is 14.1. The normalized spacial score (nSPS) is 15.0. The zero-order chi connectivity index (χ0) is 16.0. The molecule has 1 aliphatic carbocycles. The molecule has 1 rings (SSSR count). The van der Waals surface area contributed by atoms with Crippen LogP contribution in [0.1, 0.15) is 96.8 Å². The largest absolute Gasteiger partial charge is 0.358 e. The van der Waals surface area contributed by atoms with Gasteiger partial charge in [0.25, 0.3) is 0 Å². The summed E-state index contributed by atoms with van der Waals surface area (Å²) in [6, 6.07) is 0. The van der Waals surface area contributed by atoms with Crippen LogP contribution in [0.25, 0.3) is 0 Å². The Kier molecular flexibility index (Phi) is 10.8. The van der Waals surface area contributed by atoms with Crippen molar-refractivity contribution in [1.82, 2.24) is 0 Å². The van der Waals surface area contributed by atoms with Gasteiger partial charge in [-0.15, -0.1) is 0 Å². The first-order chi connectivity index (χ1) is 10.7. The molecule has 0 bridgehead atoms. The van der Waals surface area contributed by atoms with Crippen LogP contribution < -0.4 is 0 Å².